The van der Waals surface area contributed by atoms with Crippen molar-refractivity contribution < 1.29 is 22.1 Å². The molecule has 0 unspecified atom stereocenters. The first-order chi connectivity index (χ1) is 11.5. The lowest BCUT2D eigenvalue weighted by Gasteiger charge is -2.28. The molecule has 0 saturated heterocycles. The predicted molar refractivity (Wildman–Crippen MR) is 94.0 cm³/mol. The zero-order chi connectivity index (χ0) is 17.8. The van der Waals surface area contributed by atoms with E-state index in [1.165, 1.54) is 12.1 Å². The molecule has 0 bridgehead atoms. The summed E-state index contributed by atoms with van der Waals surface area (Å²) >= 11 is 0. The molecule has 0 spiro atoms. The van der Waals surface area contributed by atoms with Crippen LogP contribution in [0.4, 0.5) is 8.78 Å². The minimum absolute atomic E-state index is 0.508. The number of aryl methyl sites for hydroxylation is 1. The molecule has 6 heteroatoms. The SMILES string of the molecule is CCO[Si](CCCCCCc1cc(F)cc(F)c1)(OCC)OCC. The molecular weight excluding hydrogens is 330 g/mol. The van der Waals surface area contributed by atoms with Gasteiger partial charge in [-0.1, -0.05) is 12.8 Å². The Morgan fingerprint density at radius 2 is 1.25 bits per heavy atom. The van der Waals surface area contributed by atoms with Crippen LogP contribution in [0.1, 0.15) is 52.0 Å². The summed E-state index contributed by atoms with van der Waals surface area (Å²) in [6, 6.07) is 4.53. The molecule has 0 radical (unpaired) electrons. The topological polar surface area (TPSA) is 27.7 Å². The first-order valence-corrected chi connectivity index (χ1v) is 10.8. The standard InChI is InChI=1S/C18H30F2O3Si/c1-4-21-24(22-5-2,23-6-3)12-10-8-7-9-11-16-13-17(19)15-18(20)14-16/h13-15H,4-12H2,1-3H3. The van der Waals surface area contributed by atoms with Crippen molar-refractivity contribution in [2.45, 2.75) is 58.9 Å². The van der Waals surface area contributed by atoms with Gasteiger partial charge in [0, 0.05) is 31.9 Å². The van der Waals surface area contributed by atoms with Gasteiger partial charge in [-0.25, -0.2) is 8.78 Å². The van der Waals surface area contributed by atoms with Crippen LogP contribution < -0.4 is 0 Å². The Bertz CT molecular complexity index is 434. The number of unbranched alkanes of at least 4 members (excludes halogenated alkanes) is 3. The maximum Gasteiger partial charge on any atom is 0.500 e. The lowest BCUT2D eigenvalue weighted by atomic mass is 10.1. The van der Waals surface area contributed by atoms with Gasteiger partial charge in [-0.3, -0.25) is 0 Å². The van der Waals surface area contributed by atoms with Crippen molar-refractivity contribution in [2.75, 3.05) is 19.8 Å². The molecule has 0 aliphatic carbocycles. The van der Waals surface area contributed by atoms with Crippen LogP contribution in [-0.2, 0) is 19.7 Å². The zero-order valence-electron chi connectivity index (χ0n) is 15.1. The van der Waals surface area contributed by atoms with Crippen molar-refractivity contribution >= 4 is 8.80 Å². The molecule has 0 amide bonds. The van der Waals surface area contributed by atoms with Crippen LogP contribution in [0.25, 0.3) is 0 Å². The fourth-order valence-electron chi connectivity index (χ4n) is 2.78. The third-order valence-corrected chi connectivity index (χ3v) is 6.86. The highest BCUT2D eigenvalue weighted by Crippen LogP contribution is 2.21. The lowest BCUT2D eigenvalue weighted by molar-refractivity contribution is 0.0706. The average molecular weight is 361 g/mol. The van der Waals surface area contributed by atoms with E-state index >= 15 is 0 Å². The molecule has 0 N–H and O–H groups in total. The van der Waals surface area contributed by atoms with E-state index in [2.05, 4.69) is 0 Å². The molecule has 0 fully saturated rings. The van der Waals surface area contributed by atoms with Gasteiger partial charge in [0.05, 0.1) is 0 Å². The Balaban J connectivity index is 2.32. The smallest absolute Gasteiger partial charge is 0.374 e. The predicted octanol–water partition coefficient (Wildman–Crippen LogP) is 5.12. The average Bonchev–Trinajstić information content (AvgIpc) is 2.50. The van der Waals surface area contributed by atoms with E-state index in [-0.39, 0.29) is 0 Å². The number of halogens is 2. The van der Waals surface area contributed by atoms with E-state index in [0.717, 1.165) is 37.8 Å². The lowest BCUT2D eigenvalue weighted by Crippen LogP contribution is -2.45. The summed E-state index contributed by atoms with van der Waals surface area (Å²) in [6.45, 7) is 7.65. The molecular formula is C18H30F2O3Si. The highest BCUT2D eigenvalue weighted by atomic mass is 28.4. The van der Waals surface area contributed by atoms with E-state index in [1.807, 2.05) is 20.8 Å². The number of hydrogen-bond donors (Lipinski definition) is 0. The second kappa shape index (κ2) is 11.7. The Kier molecular flexibility index (Phi) is 10.3. The summed E-state index contributed by atoms with van der Waals surface area (Å²) in [5.41, 5.74) is 0.717. The second-order valence-electron chi connectivity index (χ2n) is 5.67. The Labute approximate surface area is 145 Å². The van der Waals surface area contributed by atoms with Gasteiger partial charge in [-0.05, 0) is 57.7 Å². The maximum atomic E-state index is 13.1. The van der Waals surface area contributed by atoms with Gasteiger partial charge in [-0.2, -0.15) is 0 Å². The van der Waals surface area contributed by atoms with Gasteiger partial charge in [0.25, 0.3) is 0 Å². The summed E-state index contributed by atoms with van der Waals surface area (Å²) in [5, 5.41) is 0. The van der Waals surface area contributed by atoms with E-state index in [0.29, 0.717) is 31.8 Å². The van der Waals surface area contributed by atoms with Gasteiger partial charge in [-0.15, -0.1) is 0 Å². The molecule has 0 aliphatic heterocycles. The summed E-state index contributed by atoms with van der Waals surface area (Å²) in [4.78, 5) is 0. The van der Waals surface area contributed by atoms with Gasteiger partial charge in [0.15, 0.2) is 0 Å². The molecule has 24 heavy (non-hydrogen) atoms. The van der Waals surface area contributed by atoms with Crippen LogP contribution in [-0.4, -0.2) is 28.6 Å². The highest BCUT2D eigenvalue weighted by Gasteiger charge is 2.39. The largest absolute Gasteiger partial charge is 0.500 e. The van der Waals surface area contributed by atoms with Crippen LogP contribution in [0.2, 0.25) is 6.04 Å². The van der Waals surface area contributed by atoms with Gasteiger partial charge < -0.3 is 13.3 Å². The van der Waals surface area contributed by atoms with Crippen molar-refractivity contribution in [1.82, 2.24) is 0 Å². The minimum Gasteiger partial charge on any atom is -0.374 e. The maximum absolute atomic E-state index is 13.1. The van der Waals surface area contributed by atoms with Crippen molar-refractivity contribution in [3.8, 4) is 0 Å². The highest BCUT2D eigenvalue weighted by molar-refractivity contribution is 6.60. The molecule has 0 saturated carbocycles. The molecule has 0 aromatic heterocycles. The summed E-state index contributed by atoms with van der Waals surface area (Å²) in [5.74, 6) is -1.02. The third kappa shape index (κ3) is 7.83. The molecule has 1 rings (SSSR count). The fourth-order valence-corrected chi connectivity index (χ4v) is 5.47. The Morgan fingerprint density at radius 3 is 1.75 bits per heavy atom. The van der Waals surface area contributed by atoms with E-state index < -0.39 is 20.4 Å². The second-order valence-corrected chi connectivity index (χ2v) is 8.41. The molecule has 1 aromatic carbocycles. The summed E-state index contributed by atoms with van der Waals surface area (Å²) in [6.07, 6.45) is 4.62. The van der Waals surface area contributed by atoms with Crippen LogP contribution in [0.5, 0.6) is 0 Å². The molecule has 1 aromatic rings. The molecule has 3 nitrogen and oxygen atoms in total. The van der Waals surface area contributed by atoms with Gasteiger partial charge >= 0.3 is 8.80 Å². The molecule has 0 heterocycles. The van der Waals surface area contributed by atoms with Crippen LogP contribution >= 0.6 is 0 Å². The van der Waals surface area contributed by atoms with Crippen molar-refractivity contribution in [1.29, 1.82) is 0 Å². The molecule has 0 atom stereocenters. The number of rotatable bonds is 13. The normalized spacial score (nSPS) is 11.9. The minimum atomic E-state index is -2.53. The quantitative estimate of drug-likeness (QED) is 0.361. The zero-order valence-corrected chi connectivity index (χ0v) is 16.1. The first kappa shape index (κ1) is 21.2. The molecule has 0 aliphatic rings. The fraction of sp³-hybridized carbons (Fsp3) is 0.667. The van der Waals surface area contributed by atoms with E-state index in [9.17, 15) is 8.78 Å². The van der Waals surface area contributed by atoms with Crippen molar-refractivity contribution in [3.05, 3.63) is 35.4 Å². The van der Waals surface area contributed by atoms with Crippen LogP contribution in [0.15, 0.2) is 18.2 Å². The van der Waals surface area contributed by atoms with Gasteiger partial charge in [0.2, 0.25) is 0 Å². The van der Waals surface area contributed by atoms with Gasteiger partial charge in [0.1, 0.15) is 11.6 Å². The summed E-state index contributed by atoms with van der Waals surface area (Å²) < 4.78 is 43.7. The Hall–Kier alpha value is -0.823. The van der Waals surface area contributed by atoms with Crippen LogP contribution in [0, 0.1) is 11.6 Å². The van der Waals surface area contributed by atoms with Crippen LogP contribution in [0.3, 0.4) is 0 Å². The summed E-state index contributed by atoms with van der Waals surface area (Å²) in [7, 11) is -2.53. The van der Waals surface area contributed by atoms with Crippen molar-refractivity contribution in [3.63, 3.8) is 0 Å². The first-order valence-electron chi connectivity index (χ1n) is 8.92. The number of hydrogen-bond acceptors (Lipinski definition) is 3. The Morgan fingerprint density at radius 1 is 0.750 bits per heavy atom. The van der Waals surface area contributed by atoms with E-state index in [4.69, 9.17) is 13.3 Å². The van der Waals surface area contributed by atoms with E-state index in [1.54, 1.807) is 0 Å². The van der Waals surface area contributed by atoms with Crippen molar-refractivity contribution in [2.24, 2.45) is 0 Å². The number of benzene rings is 1. The monoisotopic (exact) mass is 360 g/mol. The third-order valence-electron chi connectivity index (χ3n) is 3.71. The molecule has 138 valence electrons.